The number of ether oxygens (including phenoxy) is 1. The van der Waals surface area contributed by atoms with Crippen LogP contribution < -0.4 is 10.9 Å². The van der Waals surface area contributed by atoms with Crippen LogP contribution in [0.15, 0.2) is 0 Å². The van der Waals surface area contributed by atoms with Crippen LogP contribution in [0.1, 0.15) is 13.8 Å². The minimum Gasteiger partial charge on any atom is -0.371 e. The summed E-state index contributed by atoms with van der Waals surface area (Å²) in [5.74, 6) is 0. The Hall–Kier alpha value is -0.160. The van der Waals surface area contributed by atoms with E-state index >= 15 is 0 Å². The van der Waals surface area contributed by atoms with Gasteiger partial charge in [0, 0.05) is 6.04 Å². The van der Waals surface area contributed by atoms with Crippen LogP contribution in [0.5, 0.6) is 0 Å². The Morgan fingerprint density at radius 3 is 2.67 bits per heavy atom. The van der Waals surface area contributed by atoms with Crippen LogP contribution in [0.4, 0.5) is 0 Å². The molecule has 0 aromatic heterocycles. The summed E-state index contributed by atoms with van der Waals surface area (Å²) in [5, 5.41) is 8.14. The van der Waals surface area contributed by atoms with Gasteiger partial charge in [0.2, 0.25) is 0 Å². The van der Waals surface area contributed by atoms with Crippen molar-refractivity contribution in [2.75, 3.05) is 13.5 Å². The summed E-state index contributed by atoms with van der Waals surface area (Å²) in [5.41, 5.74) is 5.65. The number of hydrogen-bond acceptors (Lipinski definition) is 4. The molecule has 0 saturated heterocycles. The first-order valence-corrected chi connectivity index (χ1v) is 2.94. The fourth-order valence-electron chi connectivity index (χ4n) is 0.342. The molecule has 0 aromatic carbocycles. The lowest BCUT2D eigenvalue weighted by Crippen LogP contribution is -2.38. The van der Waals surface area contributed by atoms with Crippen molar-refractivity contribution in [2.45, 2.75) is 19.9 Å². The maximum atomic E-state index is 8.14. The van der Waals surface area contributed by atoms with Crippen molar-refractivity contribution in [1.82, 2.24) is 10.9 Å². The Labute approximate surface area is 55.2 Å². The molecule has 4 heteroatoms. The quantitative estimate of drug-likeness (QED) is 0.267. The van der Waals surface area contributed by atoms with Crippen molar-refractivity contribution in [1.29, 1.82) is 0 Å². The highest BCUT2D eigenvalue weighted by Gasteiger charge is 1.87. The minimum atomic E-state index is -0.243. The molecule has 9 heavy (non-hydrogen) atoms. The van der Waals surface area contributed by atoms with Gasteiger partial charge in [-0.15, -0.1) is 0 Å². The lowest BCUT2D eigenvalue weighted by atomic mass is 10.4. The fraction of sp³-hybridized carbons (Fsp3) is 1.00. The van der Waals surface area contributed by atoms with Gasteiger partial charge in [-0.05, 0) is 13.8 Å². The third-order valence-corrected chi connectivity index (χ3v) is 0.656. The molecule has 0 aromatic rings. The second-order valence-electron chi connectivity index (χ2n) is 1.95. The standard InChI is InChI=1S/C5H14N2O2/c1-5(2)7-6-3-9-4-8/h5-8H,3-4H2,1-2H3. The Morgan fingerprint density at radius 1 is 1.56 bits per heavy atom. The van der Waals surface area contributed by atoms with E-state index in [0.29, 0.717) is 12.8 Å². The van der Waals surface area contributed by atoms with Crippen molar-refractivity contribution in [2.24, 2.45) is 0 Å². The molecule has 0 fully saturated rings. The Morgan fingerprint density at radius 2 is 2.22 bits per heavy atom. The Kier molecular flexibility index (Phi) is 5.86. The first kappa shape index (κ1) is 8.84. The van der Waals surface area contributed by atoms with E-state index in [1.807, 2.05) is 13.8 Å². The second-order valence-corrected chi connectivity index (χ2v) is 1.95. The van der Waals surface area contributed by atoms with Crippen molar-refractivity contribution in [3.05, 3.63) is 0 Å². The van der Waals surface area contributed by atoms with E-state index < -0.39 is 0 Å². The molecule has 0 saturated carbocycles. The molecule has 56 valence electrons. The Balaban J connectivity index is 2.75. The molecule has 0 amide bonds. The highest BCUT2D eigenvalue weighted by atomic mass is 16.6. The normalized spacial score (nSPS) is 10.7. The van der Waals surface area contributed by atoms with Gasteiger partial charge >= 0.3 is 0 Å². The number of aliphatic hydroxyl groups excluding tert-OH is 1. The van der Waals surface area contributed by atoms with Crippen molar-refractivity contribution < 1.29 is 9.84 Å². The second kappa shape index (κ2) is 5.97. The van der Waals surface area contributed by atoms with Crippen molar-refractivity contribution in [3.8, 4) is 0 Å². The number of hydrazine groups is 1. The van der Waals surface area contributed by atoms with E-state index in [4.69, 9.17) is 5.11 Å². The maximum Gasteiger partial charge on any atom is 0.145 e. The summed E-state index contributed by atoms with van der Waals surface area (Å²) in [4.78, 5) is 0. The highest BCUT2D eigenvalue weighted by Crippen LogP contribution is 1.70. The molecule has 0 heterocycles. The van der Waals surface area contributed by atoms with E-state index in [2.05, 4.69) is 15.6 Å². The van der Waals surface area contributed by atoms with Crippen LogP contribution in [0.2, 0.25) is 0 Å². The Bertz CT molecular complexity index is 58.9. The van der Waals surface area contributed by atoms with Gasteiger partial charge in [0.15, 0.2) is 0 Å². The van der Waals surface area contributed by atoms with E-state index in [-0.39, 0.29) is 6.79 Å². The van der Waals surface area contributed by atoms with Crippen LogP contribution in [-0.2, 0) is 4.74 Å². The zero-order valence-corrected chi connectivity index (χ0v) is 5.85. The molecule has 0 unspecified atom stereocenters. The fourth-order valence-corrected chi connectivity index (χ4v) is 0.342. The largest absolute Gasteiger partial charge is 0.371 e. The molecule has 0 rings (SSSR count). The average Bonchev–Trinajstić information content (AvgIpc) is 1.80. The third kappa shape index (κ3) is 7.84. The molecule has 0 aliphatic heterocycles. The molecular formula is C5H14N2O2. The summed E-state index contributed by atoms with van der Waals surface area (Å²) in [7, 11) is 0. The van der Waals surface area contributed by atoms with E-state index in [1.165, 1.54) is 0 Å². The van der Waals surface area contributed by atoms with Gasteiger partial charge in [-0.25, -0.2) is 5.43 Å². The number of hydrogen-bond donors (Lipinski definition) is 3. The van der Waals surface area contributed by atoms with Gasteiger partial charge in [-0.2, -0.15) is 0 Å². The molecule has 0 aliphatic rings. The highest BCUT2D eigenvalue weighted by molar-refractivity contribution is 4.42. The predicted molar refractivity (Wildman–Crippen MR) is 34.4 cm³/mol. The van der Waals surface area contributed by atoms with Crippen LogP contribution in [-0.4, -0.2) is 24.7 Å². The van der Waals surface area contributed by atoms with Crippen LogP contribution in [0.3, 0.4) is 0 Å². The lowest BCUT2D eigenvalue weighted by Gasteiger charge is -2.08. The maximum absolute atomic E-state index is 8.14. The summed E-state index contributed by atoms with van der Waals surface area (Å²) in [6, 6.07) is 0.382. The smallest absolute Gasteiger partial charge is 0.145 e. The molecule has 0 aliphatic carbocycles. The monoisotopic (exact) mass is 134 g/mol. The zero-order valence-electron chi connectivity index (χ0n) is 5.85. The first-order chi connectivity index (χ1) is 4.27. The average molecular weight is 134 g/mol. The van der Waals surface area contributed by atoms with Gasteiger partial charge in [0.05, 0.1) is 0 Å². The van der Waals surface area contributed by atoms with Gasteiger partial charge in [0.1, 0.15) is 13.5 Å². The molecule has 0 radical (unpaired) electrons. The topological polar surface area (TPSA) is 53.5 Å². The van der Waals surface area contributed by atoms with Crippen LogP contribution in [0, 0.1) is 0 Å². The van der Waals surface area contributed by atoms with Gasteiger partial charge < -0.3 is 9.84 Å². The SMILES string of the molecule is CC(C)NNCOCO. The molecule has 0 atom stereocenters. The van der Waals surface area contributed by atoms with Crippen LogP contribution >= 0.6 is 0 Å². The molecule has 0 bridgehead atoms. The minimum absolute atomic E-state index is 0.243. The molecule has 4 nitrogen and oxygen atoms in total. The van der Waals surface area contributed by atoms with Gasteiger partial charge in [0.25, 0.3) is 0 Å². The molecule has 0 spiro atoms. The first-order valence-electron chi connectivity index (χ1n) is 2.94. The summed E-state index contributed by atoms with van der Waals surface area (Å²) in [6.45, 7) is 4.10. The third-order valence-electron chi connectivity index (χ3n) is 0.656. The molecular weight excluding hydrogens is 120 g/mol. The summed E-state index contributed by atoms with van der Waals surface area (Å²) in [6.07, 6.45) is 0. The van der Waals surface area contributed by atoms with Crippen molar-refractivity contribution >= 4 is 0 Å². The number of nitrogens with one attached hydrogen (secondary N) is 2. The number of rotatable bonds is 5. The predicted octanol–water partition coefficient (Wildman–Crippen LogP) is -0.587. The lowest BCUT2D eigenvalue weighted by molar-refractivity contribution is -0.0150. The number of aliphatic hydroxyl groups is 1. The van der Waals surface area contributed by atoms with Gasteiger partial charge in [-0.1, -0.05) is 0 Å². The van der Waals surface area contributed by atoms with Crippen molar-refractivity contribution in [3.63, 3.8) is 0 Å². The van der Waals surface area contributed by atoms with E-state index in [0.717, 1.165) is 0 Å². The summed E-state index contributed by atoms with van der Waals surface area (Å²) < 4.78 is 4.57. The van der Waals surface area contributed by atoms with E-state index in [1.54, 1.807) is 0 Å². The molecule has 3 N–H and O–H groups in total. The summed E-state index contributed by atoms with van der Waals surface area (Å²) >= 11 is 0. The zero-order chi connectivity index (χ0) is 7.11. The van der Waals surface area contributed by atoms with Crippen LogP contribution in [0.25, 0.3) is 0 Å². The van der Waals surface area contributed by atoms with E-state index in [9.17, 15) is 0 Å². The van der Waals surface area contributed by atoms with Gasteiger partial charge in [-0.3, -0.25) is 5.43 Å².